The smallest absolute Gasteiger partial charge is 0.282 e. The summed E-state index contributed by atoms with van der Waals surface area (Å²) in [6, 6.07) is -0.422. The fourth-order valence-electron chi connectivity index (χ4n) is 3.99. The standard InChI is InChI=1S/C18H32N4O5S/c1-18(2,3)17(24)22-6-4-5-15(22)16(23)19-7-9-20(10-8-19)28(25,26)21-11-13-27-14-12-21/h15H,4-14H2,1-3H3. The molecule has 1 unspecified atom stereocenters. The Balaban J connectivity index is 1.60. The monoisotopic (exact) mass is 416 g/mol. The molecule has 0 aromatic heterocycles. The molecule has 9 nitrogen and oxygen atoms in total. The van der Waals surface area contributed by atoms with Crippen LogP contribution in [-0.4, -0.2) is 104 Å². The third-order valence-corrected chi connectivity index (χ3v) is 7.65. The first-order chi connectivity index (χ1) is 13.1. The Labute approximate surface area is 167 Å². The second-order valence-electron chi connectivity index (χ2n) is 8.65. The van der Waals surface area contributed by atoms with E-state index in [-0.39, 0.29) is 24.9 Å². The fraction of sp³-hybridized carbons (Fsp3) is 0.889. The van der Waals surface area contributed by atoms with Crippen LogP contribution >= 0.6 is 0 Å². The van der Waals surface area contributed by atoms with Crippen molar-refractivity contribution in [1.82, 2.24) is 18.4 Å². The summed E-state index contributed by atoms with van der Waals surface area (Å²) in [5.74, 6) is -0.0598. The van der Waals surface area contributed by atoms with E-state index in [0.29, 0.717) is 52.4 Å². The van der Waals surface area contributed by atoms with Gasteiger partial charge >= 0.3 is 0 Å². The molecular weight excluding hydrogens is 384 g/mol. The van der Waals surface area contributed by atoms with Crippen LogP contribution in [0.25, 0.3) is 0 Å². The number of piperazine rings is 1. The van der Waals surface area contributed by atoms with E-state index in [0.717, 1.165) is 6.42 Å². The first-order valence-electron chi connectivity index (χ1n) is 10.1. The van der Waals surface area contributed by atoms with E-state index >= 15 is 0 Å². The van der Waals surface area contributed by atoms with Crippen LogP contribution in [0.1, 0.15) is 33.6 Å². The summed E-state index contributed by atoms with van der Waals surface area (Å²) in [6.07, 6.45) is 1.50. The average Bonchev–Trinajstić information content (AvgIpc) is 3.16. The largest absolute Gasteiger partial charge is 0.379 e. The molecule has 0 radical (unpaired) electrons. The third-order valence-electron chi connectivity index (χ3n) is 5.61. The van der Waals surface area contributed by atoms with Gasteiger partial charge in [-0.1, -0.05) is 20.8 Å². The van der Waals surface area contributed by atoms with E-state index in [1.54, 1.807) is 9.80 Å². The van der Waals surface area contributed by atoms with Crippen molar-refractivity contribution in [3.05, 3.63) is 0 Å². The number of amides is 2. The van der Waals surface area contributed by atoms with E-state index in [4.69, 9.17) is 4.74 Å². The molecule has 160 valence electrons. The molecule has 3 aliphatic heterocycles. The lowest BCUT2D eigenvalue weighted by Crippen LogP contribution is -2.58. The molecule has 0 aliphatic carbocycles. The Morgan fingerprint density at radius 2 is 1.46 bits per heavy atom. The summed E-state index contributed by atoms with van der Waals surface area (Å²) in [7, 11) is -3.51. The lowest BCUT2D eigenvalue weighted by molar-refractivity contribution is -0.148. The second-order valence-corrected chi connectivity index (χ2v) is 10.6. The minimum absolute atomic E-state index is 0.00289. The second kappa shape index (κ2) is 8.25. The van der Waals surface area contributed by atoms with Gasteiger partial charge in [0.25, 0.3) is 10.2 Å². The van der Waals surface area contributed by atoms with Gasteiger partial charge in [-0.15, -0.1) is 0 Å². The number of hydrogen-bond acceptors (Lipinski definition) is 5. The molecule has 0 bridgehead atoms. The van der Waals surface area contributed by atoms with E-state index in [1.165, 1.54) is 8.61 Å². The molecule has 0 saturated carbocycles. The maximum atomic E-state index is 13.0. The number of hydrogen-bond donors (Lipinski definition) is 0. The van der Waals surface area contributed by atoms with Crippen LogP contribution in [0.5, 0.6) is 0 Å². The van der Waals surface area contributed by atoms with Crippen molar-refractivity contribution in [3.63, 3.8) is 0 Å². The van der Waals surface area contributed by atoms with Gasteiger partial charge in [0.15, 0.2) is 0 Å². The summed E-state index contributed by atoms with van der Waals surface area (Å²) in [5, 5.41) is 0. The maximum Gasteiger partial charge on any atom is 0.282 e. The van der Waals surface area contributed by atoms with Gasteiger partial charge in [0.1, 0.15) is 6.04 Å². The molecule has 0 aromatic rings. The molecule has 1 atom stereocenters. The van der Waals surface area contributed by atoms with Crippen LogP contribution in [0.15, 0.2) is 0 Å². The van der Waals surface area contributed by atoms with Crippen LogP contribution in [0.2, 0.25) is 0 Å². The minimum Gasteiger partial charge on any atom is -0.379 e. The zero-order valence-corrected chi connectivity index (χ0v) is 17.9. The van der Waals surface area contributed by atoms with Crippen LogP contribution in [0.3, 0.4) is 0 Å². The molecule has 0 N–H and O–H groups in total. The molecule has 0 spiro atoms. The molecule has 2 amide bonds. The summed E-state index contributed by atoms with van der Waals surface area (Å²) < 4.78 is 33.7. The lowest BCUT2D eigenvalue weighted by atomic mass is 9.94. The number of rotatable bonds is 3. The molecule has 3 aliphatic rings. The minimum atomic E-state index is -3.51. The number of carbonyl (C=O) groups is 2. The normalized spacial score (nSPS) is 25.9. The Morgan fingerprint density at radius 1 is 0.893 bits per heavy atom. The van der Waals surface area contributed by atoms with Crippen molar-refractivity contribution in [1.29, 1.82) is 0 Å². The Morgan fingerprint density at radius 3 is 2.04 bits per heavy atom. The van der Waals surface area contributed by atoms with Crippen molar-refractivity contribution >= 4 is 22.0 Å². The zero-order valence-electron chi connectivity index (χ0n) is 17.1. The first-order valence-corrected chi connectivity index (χ1v) is 11.4. The highest BCUT2D eigenvalue weighted by atomic mass is 32.2. The number of likely N-dealkylation sites (tertiary alicyclic amines) is 1. The van der Waals surface area contributed by atoms with Gasteiger partial charge in [-0.2, -0.15) is 17.0 Å². The first kappa shape index (κ1) is 21.5. The van der Waals surface area contributed by atoms with E-state index < -0.39 is 21.7 Å². The maximum absolute atomic E-state index is 13.0. The van der Waals surface area contributed by atoms with Crippen molar-refractivity contribution in [3.8, 4) is 0 Å². The van der Waals surface area contributed by atoms with Crippen molar-refractivity contribution in [2.75, 3.05) is 59.0 Å². The quantitative estimate of drug-likeness (QED) is 0.633. The molecule has 3 saturated heterocycles. The highest BCUT2D eigenvalue weighted by Crippen LogP contribution is 2.27. The van der Waals surface area contributed by atoms with Crippen molar-refractivity contribution in [2.24, 2.45) is 5.41 Å². The van der Waals surface area contributed by atoms with Crippen LogP contribution in [0, 0.1) is 5.41 Å². The van der Waals surface area contributed by atoms with Gasteiger partial charge in [-0.25, -0.2) is 0 Å². The van der Waals surface area contributed by atoms with E-state index in [1.807, 2.05) is 20.8 Å². The SMILES string of the molecule is CC(C)(C)C(=O)N1CCCC1C(=O)N1CCN(S(=O)(=O)N2CCOCC2)CC1. The fourth-order valence-corrected chi connectivity index (χ4v) is 5.55. The molecule has 0 aromatic carbocycles. The zero-order chi connectivity index (χ0) is 20.5. The Hall–Kier alpha value is -1.23. The molecular formula is C18H32N4O5S. The van der Waals surface area contributed by atoms with Crippen LogP contribution in [0.4, 0.5) is 0 Å². The molecule has 28 heavy (non-hydrogen) atoms. The Kier molecular flexibility index (Phi) is 6.33. The highest BCUT2D eigenvalue weighted by molar-refractivity contribution is 7.86. The number of nitrogens with zero attached hydrogens (tertiary/aromatic N) is 4. The van der Waals surface area contributed by atoms with Gasteiger partial charge in [-0.3, -0.25) is 9.59 Å². The van der Waals surface area contributed by atoms with Gasteiger partial charge in [0.2, 0.25) is 11.8 Å². The van der Waals surface area contributed by atoms with Gasteiger partial charge in [-0.05, 0) is 12.8 Å². The molecule has 3 heterocycles. The number of carbonyl (C=O) groups excluding carboxylic acids is 2. The molecule has 3 fully saturated rings. The van der Waals surface area contributed by atoms with Gasteiger partial charge in [0, 0.05) is 51.2 Å². The lowest BCUT2D eigenvalue weighted by Gasteiger charge is -2.39. The third kappa shape index (κ3) is 4.34. The van der Waals surface area contributed by atoms with Crippen molar-refractivity contribution in [2.45, 2.75) is 39.7 Å². The molecule has 3 rings (SSSR count). The summed E-state index contributed by atoms with van der Waals surface area (Å²) >= 11 is 0. The van der Waals surface area contributed by atoms with Gasteiger partial charge < -0.3 is 14.5 Å². The van der Waals surface area contributed by atoms with E-state index in [9.17, 15) is 18.0 Å². The topological polar surface area (TPSA) is 90.5 Å². The van der Waals surface area contributed by atoms with Crippen LogP contribution in [-0.2, 0) is 24.5 Å². The van der Waals surface area contributed by atoms with Crippen LogP contribution < -0.4 is 0 Å². The van der Waals surface area contributed by atoms with E-state index in [2.05, 4.69) is 0 Å². The number of morpholine rings is 1. The summed E-state index contributed by atoms with van der Waals surface area (Å²) in [4.78, 5) is 29.1. The Bertz CT molecular complexity index is 691. The molecule has 10 heteroatoms. The van der Waals surface area contributed by atoms with Gasteiger partial charge in [0.05, 0.1) is 13.2 Å². The van der Waals surface area contributed by atoms with Crippen molar-refractivity contribution < 1.29 is 22.7 Å². The summed E-state index contributed by atoms with van der Waals surface area (Å²) in [5.41, 5.74) is -0.520. The predicted octanol–water partition coefficient (Wildman–Crippen LogP) is -0.255. The highest BCUT2D eigenvalue weighted by Gasteiger charge is 2.41. The predicted molar refractivity (Wildman–Crippen MR) is 104 cm³/mol. The average molecular weight is 417 g/mol. The number of ether oxygens (including phenoxy) is 1. The summed E-state index contributed by atoms with van der Waals surface area (Å²) in [6.45, 7) is 9.05.